The van der Waals surface area contributed by atoms with Crippen LogP contribution in [0.5, 0.6) is 0 Å². The second-order valence-electron chi connectivity index (χ2n) is 10.6. The molecule has 202 valence electrons. The van der Waals surface area contributed by atoms with Gasteiger partial charge in [-0.1, -0.05) is 128 Å². The number of allylic oxidation sites excluding steroid dienone is 3. The fourth-order valence-electron chi connectivity index (χ4n) is 6.46. The van der Waals surface area contributed by atoms with E-state index in [0.717, 1.165) is 23.4 Å². The van der Waals surface area contributed by atoms with Crippen molar-refractivity contribution in [1.29, 1.82) is 0 Å². The summed E-state index contributed by atoms with van der Waals surface area (Å²) in [4.78, 5) is 5.10. The van der Waals surface area contributed by atoms with Crippen LogP contribution in [-0.2, 0) is 6.54 Å². The lowest BCUT2D eigenvalue weighted by atomic mass is 9.87. The van der Waals surface area contributed by atoms with Gasteiger partial charge in [-0.25, -0.2) is 4.98 Å². The minimum absolute atomic E-state index is 0.881. The molecule has 0 aliphatic heterocycles. The van der Waals surface area contributed by atoms with Gasteiger partial charge in [0.25, 0.3) is 0 Å². The molecule has 0 saturated heterocycles. The number of hydrogen-bond acceptors (Lipinski definition) is 1. The Morgan fingerprint density at radius 1 is 0.667 bits per heavy atom. The summed E-state index contributed by atoms with van der Waals surface area (Å²) in [5, 5.41) is 10.6. The Morgan fingerprint density at radius 3 is 2.00 bits per heavy atom. The molecule has 0 fully saturated rings. The quantitative estimate of drug-likeness (QED) is 0.123. The van der Waals surface area contributed by atoms with Crippen molar-refractivity contribution < 1.29 is 0 Å². The van der Waals surface area contributed by atoms with Crippen LogP contribution in [-0.4, -0.2) is 9.55 Å². The van der Waals surface area contributed by atoms with Gasteiger partial charge in [-0.2, -0.15) is 0 Å². The highest BCUT2D eigenvalue weighted by atomic mass is 15.1. The number of fused-ring (bicyclic) bond motifs is 3. The molecule has 0 saturated carbocycles. The molecule has 0 aliphatic rings. The van der Waals surface area contributed by atoms with Crippen molar-refractivity contribution in [2.24, 2.45) is 0 Å². The van der Waals surface area contributed by atoms with E-state index in [1.165, 1.54) is 59.7 Å². The van der Waals surface area contributed by atoms with Crippen molar-refractivity contribution in [2.75, 3.05) is 0 Å². The number of rotatable bonds is 4. The molecule has 2 nitrogen and oxygen atoms in total. The monoisotopic (exact) mass is 540 g/mol. The molecule has 0 N–H and O–H groups in total. The maximum atomic E-state index is 5.10. The Hall–Kier alpha value is -5.21. The van der Waals surface area contributed by atoms with E-state index in [2.05, 4.69) is 133 Å². The zero-order chi connectivity index (χ0) is 28.6. The van der Waals surface area contributed by atoms with E-state index in [4.69, 9.17) is 4.98 Å². The molecule has 0 unspecified atom stereocenters. The van der Waals surface area contributed by atoms with Crippen LogP contribution in [0, 0.1) is 0 Å². The molecule has 1 aromatic heterocycles. The lowest BCUT2D eigenvalue weighted by molar-refractivity contribution is 0.796. The number of imidazole rings is 1. The van der Waals surface area contributed by atoms with Crippen molar-refractivity contribution in [1.82, 2.24) is 9.55 Å². The lowest BCUT2D eigenvalue weighted by Crippen LogP contribution is -1.97. The van der Waals surface area contributed by atoms with Crippen LogP contribution in [0.3, 0.4) is 0 Å². The van der Waals surface area contributed by atoms with Crippen LogP contribution in [0.25, 0.3) is 76.6 Å². The van der Waals surface area contributed by atoms with E-state index in [9.17, 15) is 0 Å². The summed E-state index contributed by atoms with van der Waals surface area (Å²) in [6.45, 7) is 8.49. The number of aromatic nitrogens is 2. The third kappa shape index (κ3) is 4.07. The minimum Gasteiger partial charge on any atom is -0.324 e. The van der Waals surface area contributed by atoms with Gasteiger partial charge in [-0.15, -0.1) is 0 Å². The largest absolute Gasteiger partial charge is 0.324 e. The SMILES string of the molecule is C=C/C=C\C.CCn1c(-c2ccccc2)nc2cc(-c3ccc4c5cccc6cccc(c7cccc3c74)c65)ccc21. The fraction of sp³-hybridized carbons (Fsp3) is 0.0750. The summed E-state index contributed by atoms with van der Waals surface area (Å²) >= 11 is 0. The van der Waals surface area contributed by atoms with Gasteiger partial charge < -0.3 is 4.57 Å². The predicted octanol–water partition coefficient (Wildman–Crippen LogP) is 11.2. The van der Waals surface area contributed by atoms with Crippen molar-refractivity contribution in [2.45, 2.75) is 20.4 Å². The van der Waals surface area contributed by atoms with Gasteiger partial charge in [0.2, 0.25) is 0 Å². The summed E-state index contributed by atoms with van der Waals surface area (Å²) in [6.07, 6.45) is 5.58. The normalized spacial score (nSPS) is 11.7. The molecule has 8 rings (SSSR count). The fourth-order valence-corrected chi connectivity index (χ4v) is 6.46. The first-order valence-corrected chi connectivity index (χ1v) is 14.6. The molecule has 8 aromatic rings. The molecule has 0 aliphatic carbocycles. The maximum Gasteiger partial charge on any atom is 0.141 e. The number of benzene rings is 7. The van der Waals surface area contributed by atoms with Gasteiger partial charge in [-0.3, -0.25) is 0 Å². The summed E-state index contributed by atoms with van der Waals surface area (Å²) in [6, 6.07) is 41.9. The molecule has 0 spiro atoms. The van der Waals surface area contributed by atoms with Gasteiger partial charge in [0, 0.05) is 12.1 Å². The van der Waals surface area contributed by atoms with Crippen molar-refractivity contribution in [3.05, 3.63) is 140 Å². The molecular weight excluding hydrogens is 508 g/mol. The van der Waals surface area contributed by atoms with Crippen LogP contribution in [0.2, 0.25) is 0 Å². The van der Waals surface area contributed by atoms with E-state index in [1.54, 1.807) is 6.08 Å². The van der Waals surface area contributed by atoms with Crippen LogP contribution < -0.4 is 0 Å². The first kappa shape index (κ1) is 25.7. The number of aryl methyl sites for hydroxylation is 1. The molecule has 2 heteroatoms. The minimum atomic E-state index is 0.881. The van der Waals surface area contributed by atoms with Gasteiger partial charge in [0.05, 0.1) is 11.0 Å². The lowest BCUT2D eigenvalue weighted by Gasteiger charge is -2.16. The average Bonchev–Trinajstić information content (AvgIpc) is 3.42. The molecular formula is C40H32N2. The van der Waals surface area contributed by atoms with Crippen LogP contribution in [0.4, 0.5) is 0 Å². The van der Waals surface area contributed by atoms with E-state index < -0.39 is 0 Å². The summed E-state index contributed by atoms with van der Waals surface area (Å²) in [5.74, 6) is 1.02. The van der Waals surface area contributed by atoms with E-state index >= 15 is 0 Å². The highest BCUT2D eigenvalue weighted by Gasteiger charge is 2.17. The third-order valence-electron chi connectivity index (χ3n) is 8.26. The second kappa shape index (κ2) is 10.6. The molecule has 1 heterocycles. The summed E-state index contributed by atoms with van der Waals surface area (Å²) in [5.41, 5.74) is 5.81. The Labute approximate surface area is 246 Å². The van der Waals surface area contributed by atoms with Gasteiger partial charge in [0.15, 0.2) is 0 Å². The zero-order valence-electron chi connectivity index (χ0n) is 24.0. The first-order chi connectivity index (χ1) is 20.7. The zero-order valence-corrected chi connectivity index (χ0v) is 24.0. The van der Waals surface area contributed by atoms with Crippen molar-refractivity contribution in [3.8, 4) is 22.5 Å². The topological polar surface area (TPSA) is 17.8 Å². The highest BCUT2D eigenvalue weighted by Crippen LogP contribution is 2.43. The molecule has 0 radical (unpaired) electrons. The second-order valence-corrected chi connectivity index (χ2v) is 10.6. The predicted molar refractivity (Wildman–Crippen MR) is 182 cm³/mol. The summed E-state index contributed by atoms with van der Waals surface area (Å²) in [7, 11) is 0. The first-order valence-electron chi connectivity index (χ1n) is 14.6. The third-order valence-corrected chi connectivity index (χ3v) is 8.26. The van der Waals surface area contributed by atoms with Crippen LogP contribution in [0.1, 0.15) is 13.8 Å². The van der Waals surface area contributed by atoms with Gasteiger partial charge >= 0.3 is 0 Å². The molecule has 0 atom stereocenters. The Morgan fingerprint density at radius 2 is 1.33 bits per heavy atom. The average molecular weight is 541 g/mol. The smallest absolute Gasteiger partial charge is 0.141 e. The van der Waals surface area contributed by atoms with Gasteiger partial charge in [0.1, 0.15) is 5.82 Å². The maximum absolute atomic E-state index is 5.10. The molecule has 0 bridgehead atoms. The molecule has 7 aromatic carbocycles. The van der Waals surface area contributed by atoms with Crippen molar-refractivity contribution in [3.63, 3.8) is 0 Å². The highest BCUT2D eigenvalue weighted by molar-refractivity contribution is 6.34. The van der Waals surface area contributed by atoms with E-state index in [1.807, 2.05) is 19.1 Å². The standard InChI is InChI=1S/C35H24N2.C5H8/c1-2-37-32-20-17-24(21-31(32)36-35(37)23-9-4-3-5-10-23)25-18-19-30-28-14-7-12-22-11-6-13-27(33(22)28)29-16-8-15-26(25)34(29)30;1-3-5-4-2/h3-21H,2H2,1H3;3-5H,1H2,2H3/b;5-4-. The number of nitrogens with zero attached hydrogens (tertiary/aromatic N) is 2. The molecule has 0 amide bonds. The van der Waals surface area contributed by atoms with E-state index in [0.29, 0.717) is 0 Å². The summed E-state index contributed by atoms with van der Waals surface area (Å²) < 4.78 is 2.31. The van der Waals surface area contributed by atoms with Gasteiger partial charge in [-0.05, 0) is 80.2 Å². The van der Waals surface area contributed by atoms with Crippen LogP contribution in [0.15, 0.2) is 140 Å². The molecule has 42 heavy (non-hydrogen) atoms. The number of hydrogen-bond donors (Lipinski definition) is 0. The Kier molecular flexibility index (Phi) is 6.52. The van der Waals surface area contributed by atoms with Crippen LogP contribution >= 0.6 is 0 Å². The Balaban J connectivity index is 0.000000534. The van der Waals surface area contributed by atoms with E-state index in [-0.39, 0.29) is 0 Å². The Bertz CT molecular complexity index is 2200. The van der Waals surface area contributed by atoms with Crippen molar-refractivity contribution >= 4 is 54.1 Å².